The van der Waals surface area contributed by atoms with Crippen LogP contribution in [0.25, 0.3) is 0 Å². The van der Waals surface area contributed by atoms with Crippen molar-refractivity contribution >= 4 is 10.0 Å². The summed E-state index contributed by atoms with van der Waals surface area (Å²) in [5.41, 5.74) is 0. The van der Waals surface area contributed by atoms with Crippen molar-refractivity contribution in [2.24, 2.45) is 0 Å². The second-order valence-corrected chi connectivity index (χ2v) is 7.20. The SMILES string of the molecule is CC(O)CC1CCCCN1S(=O)(=O)c1cccc(F)c1. The van der Waals surface area contributed by atoms with Crippen molar-refractivity contribution in [3.63, 3.8) is 0 Å². The molecule has 0 amide bonds. The summed E-state index contributed by atoms with van der Waals surface area (Å²) in [6.45, 7) is 2.08. The Morgan fingerprint density at radius 3 is 2.85 bits per heavy atom. The average Bonchev–Trinajstić information content (AvgIpc) is 2.38. The smallest absolute Gasteiger partial charge is 0.243 e. The van der Waals surface area contributed by atoms with Crippen molar-refractivity contribution < 1.29 is 17.9 Å². The molecule has 20 heavy (non-hydrogen) atoms. The topological polar surface area (TPSA) is 57.6 Å². The van der Waals surface area contributed by atoms with Crippen LogP contribution in [0.5, 0.6) is 0 Å². The van der Waals surface area contributed by atoms with Gasteiger partial charge in [-0.25, -0.2) is 12.8 Å². The molecule has 1 fully saturated rings. The molecule has 0 radical (unpaired) electrons. The number of rotatable bonds is 4. The van der Waals surface area contributed by atoms with E-state index in [1.165, 1.54) is 22.5 Å². The standard InChI is InChI=1S/C14H20FNO3S/c1-11(17)9-13-6-2-3-8-16(13)20(18,19)14-7-4-5-12(15)10-14/h4-5,7,10-11,13,17H,2-3,6,8-9H2,1H3. The summed E-state index contributed by atoms with van der Waals surface area (Å²) in [4.78, 5) is -0.0185. The fraction of sp³-hybridized carbons (Fsp3) is 0.571. The highest BCUT2D eigenvalue weighted by atomic mass is 32.2. The molecule has 1 saturated heterocycles. The summed E-state index contributed by atoms with van der Waals surface area (Å²) in [5, 5.41) is 9.52. The van der Waals surface area contributed by atoms with Gasteiger partial charge >= 0.3 is 0 Å². The van der Waals surface area contributed by atoms with Crippen molar-refractivity contribution in [2.45, 2.75) is 49.6 Å². The third-order valence-electron chi connectivity index (χ3n) is 3.59. The molecule has 0 aromatic heterocycles. The van der Waals surface area contributed by atoms with E-state index in [0.717, 1.165) is 25.3 Å². The second kappa shape index (κ2) is 6.20. The lowest BCUT2D eigenvalue weighted by Crippen LogP contribution is -2.44. The van der Waals surface area contributed by atoms with E-state index < -0.39 is 21.9 Å². The number of nitrogens with zero attached hydrogens (tertiary/aromatic N) is 1. The van der Waals surface area contributed by atoms with Crippen LogP contribution in [0.4, 0.5) is 4.39 Å². The molecule has 6 heteroatoms. The zero-order valence-corrected chi connectivity index (χ0v) is 12.3. The molecule has 1 aromatic carbocycles. The van der Waals surface area contributed by atoms with Gasteiger partial charge in [0.1, 0.15) is 5.82 Å². The molecule has 1 N–H and O–H groups in total. The van der Waals surface area contributed by atoms with Gasteiger partial charge in [-0.3, -0.25) is 0 Å². The van der Waals surface area contributed by atoms with E-state index in [4.69, 9.17) is 0 Å². The maximum Gasteiger partial charge on any atom is 0.243 e. The Morgan fingerprint density at radius 2 is 2.20 bits per heavy atom. The van der Waals surface area contributed by atoms with Gasteiger partial charge < -0.3 is 5.11 Å². The highest BCUT2D eigenvalue weighted by Crippen LogP contribution is 2.28. The Kier molecular flexibility index (Phi) is 4.78. The van der Waals surface area contributed by atoms with Crippen LogP contribution < -0.4 is 0 Å². The minimum atomic E-state index is -3.70. The number of halogens is 1. The van der Waals surface area contributed by atoms with Crippen molar-refractivity contribution in [1.29, 1.82) is 0 Å². The van der Waals surface area contributed by atoms with Gasteiger partial charge in [0.15, 0.2) is 0 Å². The molecule has 1 aromatic rings. The third-order valence-corrected chi connectivity index (χ3v) is 5.54. The van der Waals surface area contributed by atoms with Gasteiger partial charge in [0.2, 0.25) is 10.0 Å². The number of sulfonamides is 1. The summed E-state index contributed by atoms with van der Waals surface area (Å²) in [6.07, 6.45) is 2.34. The zero-order chi connectivity index (χ0) is 14.8. The lowest BCUT2D eigenvalue weighted by Gasteiger charge is -2.35. The predicted octanol–water partition coefficient (Wildman–Crippen LogP) is 2.14. The maximum atomic E-state index is 13.2. The molecule has 0 spiro atoms. The Bertz CT molecular complexity index is 559. The molecule has 112 valence electrons. The molecule has 1 heterocycles. The van der Waals surface area contributed by atoms with Gasteiger partial charge in [0.05, 0.1) is 11.0 Å². The highest BCUT2D eigenvalue weighted by Gasteiger charge is 2.34. The van der Waals surface area contributed by atoms with Crippen molar-refractivity contribution in [1.82, 2.24) is 4.31 Å². The molecule has 2 rings (SSSR count). The molecule has 0 saturated carbocycles. The summed E-state index contributed by atoms with van der Waals surface area (Å²) in [5.74, 6) is -0.560. The molecule has 1 aliphatic rings. The lowest BCUT2D eigenvalue weighted by molar-refractivity contribution is 0.131. The number of aliphatic hydroxyl groups is 1. The van der Waals surface area contributed by atoms with Crippen LogP contribution in [-0.2, 0) is 10.0 Å². The molecule has 4 nitrogen and oxygen atoms in total. The first kappa shape index (κ1) is 15.4. The van der Waals surface area contributed by atoms with Gasteiger partial charge in [0, 0.05) is 12.6 Å². The molecule has 0 bridgehead atoms. The van der Waals surface area contributed by atoms with Crippen LogP contribution in [0, 0.1) is 5.82 Å². The minimum Gasteiger partial charge on any atom is -0.393 e. The van der Waals surface area contributed by atoms with Crippen LogP contribution >= 0.6 is 0 Å². The Balaban J connectivity index is 2.30. The number of hydrogen-bond acceptors (Lipinski definition) is 3. The van der Waals surface area contributed by atoms with Crippen molar-refractivity contribution in [2.75, 3.05) is 6.54 Å². The van der Waals surface area contributed by atoms with Gasteiger partial charge in [-0.1, -0.05) is 12.5 Å². The van der Waals surface area contributed by atoms with E-state index in [9.17, 15) is 17.9 Å². The first-order valence-corrected chi connectivity index (χ1v) is 8.31. The van der Waals surface area contributed by atoms with Crippen molar-refractivity contribution in [3.05, 3.63) is 30.1 Å². The number of hydrogen-bond donors (Lipinski definition) is 1. The van der Waals surface area contributed by atoms with Gasteiger partial charge in [0.25, 0.3) is 0 Å². The average molecular weight is 301 g/mol. The van der Waals surface area contributed by atoms with Crippen LogP contribution in [0.1, 0.15) is 32.6 Å². The van der Waals surface area contributed by atoms with E-state index in [1.54, 1.807) is 6.92 Å². The maximum absolute atomic E-state index is 13.2. The molecule has 0 aliphatic carbocycles. The summed E-state index contributed by atoms with van der Waals surface area (Å²) >= 11 is 0. The summed E-state index contributed by atoms with van der Waals surface area (Å²) in [7, 11) is -3.70. The monoisotopic (exact) mass is 301 g/mol. The predicted molar refractivity (Wildman–Crippen MR) is 74.2 cm³/mol. The van der Waals surface area contributed by atoms with Crippen LogP contribution in [0.2, 0.25) is 0 Å². The fourth-order valence-corrected chi connectivity index (χ4v) is 4.42. The number of benzene rings is 1. The van der Waals surface area contributed by atoms with Crippen molar-refractivity contribution in [3.8, 4) is 0 Å². The number of piperidine rings is 1. The third kappa shape index (κ3) is 3.37. The fourth-order valence-electron chi connectivity index (χ4n) is 2.68. The van der Waals surface area contributed by atoms with E-state index in [2.05, 4.69) is 0 Å². The first-order chi connectivity index (χ1) is 9.41. The van der Waals surface area contributed by atoms with Gasteiger partial charge in [-0.05, 0) is 44.4 Å². The quantitative estimate of drug-likeness (QED) is 0.927. The van der Waals surface area contributed by atoms with E-state index in [0.29, 0.717) is 13.0 Å². The van der Waals surface area contributed by atoms with E-state index in [1.807, 2.05) is 0 Å². The Labute approximate surface area is 119 Å². The van der Waals surface area contributed by atoms with Crippen LogP contribution in [0.3, 0.4) is 0 Å². The summed E-state index contributed by atoms with van der Waals surface area (Å²) in [6, 6.07) is 4.87. The summed E-state index contributed by atoms with van der Waals surface area (Å²) < 4.78 is 39.9. The van der Waals surface area contributed by atoms with Crippen LogP contribution in [-0.4, -0.2) is 36.5 Å². The largest absolute Gasteiger partial charge is 0.393 e. The Morgan fingerprint density at radius 1 is 1.45 bits per heavy atom. The minimum absolute atomic E-state index is 0.0185. The molecular formula is C14H20FNO3S. The molecule has 1 aliphatic heterocycles. The first-order valence-electron chi connectivity index (χ1n) is 6.87. The van der Waals surface area contributed by atoms with Gasteiger partial charge in [-0.15, -0.1) is 0 Å². The second-order valence-electron chi connectivity index (χ2n) is 5.31. The Hall–Kier alpha value is -0.980. The molecule has 2 atom stereocenters. The molecular weight excluding hydrogens is 281 g/mol. The lowest BCUT2D eigenvalue weighted by atomic mass is 10.00. The molecule has 2 unspecified atom stereocenters. The van der Waals surface area contributed by atoms with Gasteiger partial charge in [-0.2, -0.15) is 4.31 Å². The normalized spacial score (nSPS) is 22.6. The zero-order valence-electron chi connectivity index (χ0n) is 11.5. The number of aliphatic hydroxyl groups excluding tert-OH is 1. The van der Waals surface area contributed by atoms with E-state index >= 15 is 0 Å². The van der Waals surface area contributed by atoms with Crippen LogP contribution in [0.15, 0.2) is 29.2 Å². The highest BCUT2D eigenvalue weighted by molar-refractivity contribution is 7.89. The van der Waals surface area contributed by atoms with E-state index in [-0.39, 0.29) is 10.9 Å².